The molecule has 0 amide bonds. The molecule has 0 bridgehead atoms. The molecule has 2 heterocycles. The van der Waals surface area contributed by atoms with Gasteiger partial charge >= 0.3 is 0 Å². The molecule has 2 aromatic rings. The standard InChI is InChI=1S/C15H19NO4S/c1-15(6-7-21(17,18)10-15)16-9-12-8-11-4-3-5-13(19-2)14(11)20-12/h3-5,8,16H,6-7,9-10H2,1-2H3. The van der Waals surface area contributed by atoms with Crippen LogP contribution in [0.1, 0.15) is 19.1 Å². The van der Waals surface area contributed by atoms with Crippen molar-refractivity contribution < 1.29 is 17.6 Å². The molecule has 1 aliphatic heterocycles. The molecule has 0 radical (unpaired) electrons. The van der Waals surface area contributed by atoms with Crippen molar-refractivity contribution >= 4 is 20.8 Å². The van der Waals surface area contributed by atoms with E-state index in [4.69, 9.17) is 9.15 Å². The predicted molar refractivity (Wildman–Crippen MR) is 81.3 cm³/mol. The Hall–Kier alpha value is -1.53. The zero-order valence-corrected chi connectivity index (χ0v) is 13.0. The molecule has 1 fully saturated rings. The molecule has 1 atom stereocenters. The number of para-hydroxylation sites is 1. The first-order valence-corrected chi connectivity index (χ1v) is 8.74. The lowest BCUT2D eigenvalue weighted by atomic mass is 10.0. The first kappa shape index (κ1) is 14.4. The minimum absolute atomic E-state index is 0.184. The third-order valence-electron chi connectivity index (χ3n) is 3.97. The third-order valence-corrected chi connectivity index (χ3v) is 5.87. The topological polar surface area (TPSA) is 68.5 Å². The number of hydrogen-bond donors (Lipinski definition) is 1. The summed E-state index contributed by atoms with van der Waals surface area (Å²) < 4.78 is 34.3. The molecule has 1 aliphatic rings. The van der Waals surface area contributed by atoms with Crippen LogP contribution in [0.2, 0.25) is 0 Å². The maximum Gasteiger partial charge on any atom is 0.176 e. The van der Waals surface area contributed by atoms with Crippen LogP contribution in [0, 0.1) is 0 Å². The van der Waals surface area contributed by atoms with Crippen molar-refractivity contribution in [2.75, 3.05) is 18.6 Å². The van der Waals surface area contributed by atoms with Crippen LogP contribution in [0.3, 0.4) is 0 Å². The molecule has 114 valence electrons. The smallest absolute Gasteiger partial charge is 0.176 e. The number of nitrogens with one attached hydrogen (secondary N) is 1. The molecule has 6 heteroatoms. The van der Waals surface area contributed by atoms with Gasteiger partial charge in [-0.15, -0.1) is 0 Å². The number of hydrogen-bond acceptors (Lipinski definition) is 5. The van der Waals surface area contributed by atoms with Crippen molar-refractivity contribution in [3.8, 4) is 5.75 Å². The van der Waals surface area contributed by atoms with Crippen LogP contribution in [-0.2, 0) is 16.4 Å². The Bertz CT molecular complexity index is 765. The molecule has 5 nitrogen and oxygen atoms in total. The zero-order valence-electron chi connectivity index (χ0n) is 12.2. The first-order valence-electron chi connectivity index (χ1n) is 6.92. The van der Waals surface area contributed by atoms with Gasteiger partial charge in [0, 0.05) is 10.9 Å². The number of fused-ring (bicyclic) bond motifs is 1. The second-order valence-corrected chi connectivity index (χ2v) is 8.03. The molecule has 0 spiro atoms. The van der Waals surface area contributed by atoms with Crippen LogP contribution in [0.15, 0.2) is 28.7 Å². The molecule has 3 rings (SSSR count). The van der Waals surface area contributed by atoms with Crippen molar-refractivity contribution in [1.29, 1.82) is 0 Å². The highest BCUT2D eigenvalue weighted by Gasteiger charge is 2.37. The van der Waals surface area contributed by atoms with Gasteiger partial charge in [-0.05, 0) is 25.5 Å². The predicted octanol–water partition coefficient (Wildman–Crippen LogP) is 2.11. The van der Waals surface area contributed by atoms with E-state index in [9.17, 15) is 8.42 Å². The van der Waals surface area contributed by atoms with Gasteiger partial charge in [-0.2, -0.15) is 0 Å². The van der Waals surface area contributed by atoms with E-state index in [1.165, 1.54) is 0 Å². The van der Waals surface area contributed by atoms with Crippen molar-refractivity contribution in [2.24, 2.45) is 0 Å². The van der Waals surface area contributed by atoms with Gasteiger partial charge in [0.2, 0.25) is 0 Å². The first-order chi connectivity index (χ1) is 9.91. The highest BCUT2D eigenvalue weighted by atomic mass is 32.2. The van der Waals surface area contributed by atoms with Crippen LogP contribution in [0.5, 0.6) is 5.75 Å². The molecule has 21 heavy (non-hydrogen) atoms. The maximum absolute atomic E-state index is 11.6. The van der Waals surface area contributed by atoms with E-state index < -0.39 is 9.84 Å². The highest BCUT2D eigenvalue weighted by molar-refractivity contribution is 7.91. The molecule has 1 N–H and O–H groups in total. The van der Waals surface area contributed by atoms with Crippen LogP contribution in [0.25, 0.3) is 11.0 Å². The van der Waals surface area contributed by atoms with Gasteiger partial charge in [-0.25, -0.2) is 8.42 Å². The van der Waals surface area contributed by atoms with Crippen LogP contribution in [-0.4, -0.2) is 32.6 Å². The Morgan fingerprint density at radius 1 is 1.43 bits per heavy atom. The van der Waals surface area contributed by atoms with Crippen molar-refractivity contribution in [3.63, 3.8) is 0 Å². The van der Waals surface area contributed by atoms with Crippen LogP contribution >= 0.6 is 0 Å². The number of rotatable bonds is 4. The Kier molecular flexibility index (Phi) is 3.45. The van der Waals surface area contributed by atoms with Crippen molar-refractivity contribution in [2.45, 2.75) is 25.4 Å². The summed E-state index contributed by atoms with van der Waals surface area (Å²) >= 11 is 0. The van der Waals surface area contributed by atoms with E-state index in [1.54, 1.807) is 7.11 Å². The van der Waals surface area contributed by atoms with Gasteiger partial charge in [-0.3, -0.25) is 0 Å². The SMILES string of the molecule is COc1cccc2cc(CNC3(C)CCS(=O)(=O)C3)oc12. The number of furan rings is 1. The van der Waals surface area contributed by atoms with Crippen LogP contribution in [0.4, 0.5) is 0 Å². The average molecular weight is 309 g/mol. The van der Waals surface area contributed by atoms with E-state index in [-0.39, 0.29) is 17.0 Å². The van der Waals surface area contributed by atoms with Gasteiger partial charge < -0.3 is 14.5 Å². The summed E-state index contributed by atoms with van der Waals surface area (Å²) in [6.07, 6.45) is 0.638. The lowest BCUT2D eigenvalue weighted by Gasteiger charge is -2.23. The number of ether oxygens (including phenoxy) is 1. The molecule has 1 unspecified atom stereocenters. The number of sulfone groups is 1. The number of methoxy groups -OCH3 is 1. The summed E-state index contributed by atoms with van der Waals surface area (Å²) in [5.41, 5.74) is 0.350. The zero-order chi connectivity index (χ0) is 15.1. The van der Waals surface area contributed by atoms with Gasteiger partial charge in [-0.1, -0.05) is 12.1 Å². The second-order valence-electron chi connectivity index (χ2n) is 5.85. The van der Waals surface area contributed by atoms with Crippen molar-refractivity contribution in [3.05, 3.63) is 30.0 Å². The van der Waals surface area contributed by atoms with Gasteiger partial charge in [0.25, 0.3) is 0 Å². The summed E-state index contributed by atoms with van der Waals surface area (Å²) in [6, 6.07) is 7.69. The maximum atomic E-state index is 11.6. The minimum Gasteiger partial charge on any atom is -0.493 e. The Morgan fingerprint density at radius 2 is 2.24 bits per heavy atom. The lowest BCUT2D eigenvalue weighted by Crippen LogP contribution is -2.42. The van der Waals surface area contributed by atoms with Gasteiger partial charge in [0.05, 0.1) is 25.2 Å². The van der Waals surface area contributed by atoms with E-state index in [2.05, 4.69) is 5.32 Å². The Labute approximate surface area is 124 Å². The normalized spacial score (nSPS) is 24.5. The molecule has 1 saturated heterocycles. The Balaban J connectivity index is 1.77. The lowest BCUT2D eigenvalue weighted by molar-refractivity contribution is 0.369. The average Bonchev–Trinajstić information content (AvgIpc) is 2.97. The quantitative estimate of drug-likeness (QED) is 0.937. The van der Waals surface area contributed by atoms with E-state index in [0.717, 1.165) is 16.7 Å². The third kappa shape index (κ3) is 2.91. The largest absolute Gasteiger partial charge is 0.493 e. The van der Waals surface area contributed by atoms with Gasteiger partial charge in [0.15, 0.2) is 21.2 Å². The minimum atomic E-state index is -2.91. The summed E-state index contributed by atoms with van der Waals surface area (Å²) in [6.45, 7) is 2.45. The molecule has 1 aromatic heterocycles. The molecule has 0 saturated carbocycles. The van der Waals surface area contributed by atoms with E-state index in [0.29, 0.717) is 18.7 Å². The van der Waals surface area contributed by atoms with Gasteiger partial charge in [0.1, 0.15) is 5.76 Å². The second kappa shape index (κ2) is 5.03. The highest BCUT2D eigenvalue weighted by Crippen LogP contribution is 2.29. The summed E-state index contributed by atoms with van der Waals surface area (Å²) in [5.74, 6) is 1.92. The fraction of sp³-hybridized carbons (Fsp3) is 0.467. The monoisotopic (exact) mass is 309 g/mol. The fourth-order valence-electron chi connectivity index (χ4n) is 2.79. The molecule has 1 aromatic carbocycles. The Morgan fingerprint density at radius 3 is 2.90 bits per heavy atom. The fourth-order valence-corrected chi connectivity index (χ4v) is 4.91. The molecule has 0 aliphatic carbocycles. The molecular weight excluding hydrogens is 290 g/mol. The summed E-state index contributed by atoms with van der Waals surface area (Å²) in [7, 11) is -1.30. The van der Waals surface area contributed by atoms with E-state index >= 15 is 0 Å². The van der Waals surface area contributed by atoms with Crippen molar-refractivity contribution in [1.82, 2.24) is 5.32 Å². The van der Waals surface area contributed by atoms with Crippen LogP contribution < -0.4 is 10.1 Å². The number of benzene rings is 1. The van der Waals surface area contributed by atoms with E-state index in [1.807, 2.05) is 31.2 Å². The summed E-state index contributed by atoms with van der Waals surface area (Å²) in [5, 5.41) is 4.30. The summed E-state index contributed by atoms with van der Waals surface area (Å²) in [4.78, 5) is 0. The molecular formula is C15H19NO4S.